The van der Waals surface area contributed by atoms with Crippen molar-refractivity contribution in [1.82, 2.24) is 9.03 Å². The standard InChI is InChI=1S/C19H33N3O3S/c1-7-12-22(13-8-2)26(24,25)21-19(23)20-18-16(14(3)4)10-9-11-17(18)15(5)6/h9-11,14-15H,7-8,12-13H2,1-6H3,(H2,20,21,23). The molecule has 0 saturated carbocycles. The molecule has 7 heteroatoms. The second kappa shape index (κ2) is 9.92. The van der Waals surface area contributed by atoms with Gasteiger partial charge < -0.3 is 5.32 Å². The summed E-state index contributed by atoms with van der Waals surface area (Å²) in [6.45, 7) is 12.8. The largest absolute Gasteiger partial charge is 0.333 e. The molecule has 6 nitrogen and oxygen atoms in total. The van der Waals surface area contributed by atoms with Crippen LogP contribution < -0.4 is 10.0 Å². The lowest BCUT2D eigenvalue weighted by Gasteiger charge is -2.23. The second-order valence-corrected chi connectivity index (χ2v) is 8.75. The minimum absolute atomic E-state index is 0.206. The molecule has 1 rings (SSSR count). The maximum Gasteiger partial charge on any atom is 0.333 e. The van der Waals surface area contributed by atoms with Crippen LogP contribution in [0, 0.1) is 0 Å². The Morgan fingerprint density at radius 1 is 1.00 bits per heavy atom. The molecule has 0 aliphatic heterocycles. The molecule has 0 bridgehead atoms. The quantitative estimate of drug-likeness (QED) is 0.662. The molecule has 0 aromatic heterocycles. The summed E-state index contributed by atoms with van der Waals surface area (Å²) in [7, 11) is -3.86. The predicted molar refractivity (Wildman–Crippen MR) is 108 cm³/mol. The average Bonchev–Trinajstić information content (AvgIpc) is 2.53. The number of para-hydroxylation sites is 1. The number of nitrogens with one attached hydrogen (secondary N) is 2. The lowest BCUT2D eigenvalue weighted by Crippen LogP contribution is -2.45. The third-order valence-electron chi connectivity index (χ3n) is 4.12. The topological polar surface area (TPSA) is 78.5 Å². The van der Waals surface area contributed by atoms with Crippen molar-refractivity contribution in [2.45, 2.75) is 66.2 Å². The smallest absolute Gasteiger partial charge is 0.307 e. The van der Waals surface area contributed by atoms with Crippen LogP contribution in [0.15, 0.2) is 18.2 Å². The highest BCUT2D eigenvalue weighted by molar-refractivity contribution is 7.87. The van der Waals surface area contributed by atoms with Gasteiger partial charge in [0.05, 0.1) is 0 Å². The first kappa shape index (κ1) is 22.4. The summed E-state index contributed by atoms with van der Waals surface area (Å²) in [6, 6.07) is 5.16. The molecular weight excluding hydrogens is 350 g/mol. The molecule has 2 N–H and O–H groups in total. The number of urea groups is 1. The van der Waals surface area contributed by atoms with E-state index in [9.17, 15) is 13.2 Å². The van der Waals surface area contributed by atoms with Crippen LogP contribution in [0.25, 0.3) is 0 Å². The molecule has 0 aliphatic rings. The van der Waals surface area contributed by atoms with E-state index in [2.05, 4.69) is 10.0 Å². The molecule has 1 aromatic carbocycles. The van der Waals surface area contributed by atoms with Crippen molar-refractivity contribution in [3.05, 3.63) is 29.3 Å². The fourth-order valence-corrected chi connectivity index (χ4v) is 4.13. The van der Waals surface area contributed by atoms with Crippen LogP contribution in [0.5, 0.6) is 0 Å². The first-order chi connectivity index (χ1) is 12.1. The van der Waals surface area contributed by atoms with Gasteiger partial charge in [-0.1, -0.05) is 59.7 Å². The Hall–Kier alpha value is -1.60. The zero-order valence-electron chi connectivity index (χ0n) is 16.8. The van der Waals surface area contributed by atoms with Gasteiger partial charge in [-0.05, 0) is 35.8 Å². The molecule has 0 aliphatic carbocycles. The van der Waals surface area contributed by atoms with Gasteiger partial charge in [-0.25, -0.2) is 9.52 Å². The van der Waals surface area contributed by atoms with E-state index >= 15 is 0 Å². The summed E-state index contributed by atoms with van der Waals surface area (Å²) in [4.78, 5) is 12.5. The molecule has 0 radical (unpaired) electrons. The van der Waals surface area contributed by atoms with E-state index in [1.807, 2.05) is 59.7 Å². The van der Waals surface area contributed by atoms with Crippen molar-refractivity contribution < 1.29 is 13.2 Å². The summed E-state index contributed by atoms with van der Waals surface area (Å²) in [5.74, 6) is 0.412. The van der Waals surface area contributed by atoms with Gasteiger partial charge in [-0.3, -0.25) is 0 Å². The molecule has 148 valence electrons. The van der Waals surface area contributed by atoms with Gasteiger partial charge >= 0.3 is 16.2 Å². The average molecular weight is 384 g/mol. The summed E-state index contributed by atoms with van der Waals surface area (Å²) < 4.78 is 28.5. The number of anilines is 1. The third-order valence-corrected chi connectivity index (χ3v) is 5.61. The number of rotatable bonds is 9. The van der Waals surface area contributed by atoms with Crippen molar-refractivity contribution in [2.75, 3.05) is 18.4 Å². The van der Waals surface area contributed by atoms with Gasteiger partial charge in [0.2, 0.25) is 0 Å². The Balaban J connectivity index is 3.07. The summed E-state index contributed by atoms with van der Waals surface area (Å²) in [5, 5.41) is 2.78. The number of hydrogen-bond donors (Lipinski definition) is 2. The molecule has 2 amide bonds. The van der Waals surface area contributed by atoms with Gasteiger partial charge in [-0.2, -0.15) is 12.7 Å². The number of benzene rings is 1. The number of carbonyl (C=O) groups is 1. The Morgan fingerprint density at radius 3 is 1.85 bits per heavy atom. The molecule has 0 saturated heterocycles. The number of nitrogens with zero attached hydrogens (tertiary/aromatic N) is 1. The van der Waals surface area contributed by atoms with E-state index in [0.29, 0.717) is 31.6 Å². The molecule has 26 heavy (non-hydrogen) atoms. The highest BCUT2D eigenvalue weighted by atomic mass is 32.2. The molecular formula is C19H33N3O3S. The van der Waals surface area contributed by atoms with Crippen LogP contribution in [-0.4, -0.2) is 31.8 Å². The maximum absolute atomic E-state index is 12.5. The third kappa shape index (κ3) is 5.99. The van der Waals surface area contributed by atoms with Crippen molar-refractivity contribution >= 4 is 21.9 Å². The summed E-state index contributed by atoms with van der Waals surface area (Å²) >= 11 is 0. The highest BCUT2D eigenvalue weighted by Gasteiger charge is 2.24. The van der Waals surface area contributed by atoms with Crippen LogP contribution in [-0.2, 0) is 10.2 Å². The maximum atomic E-state index is 12.5. The monoisotopic (exact) mass is 383 g/mol. The molecule has 0 fully saturated rings. The highest BCUT2D eigenvalue weighted by Crippen LogP contribution is 2.32. The summed E-state index contributed by atoms with van der Waals surface area (Å²) in [5.41, 5.74) is 2.67. The molecule has 1 aromatic rings. The predicted octanol–water partition coefficient (Wildman–Crippen LogP) is 4.42. The first-order valence-electron chi connectivity index (χ1n) is 9.35. The van der Waals surface area contributed by atoms with E-state index in [1.54, 1.807) is 0 Å². The number of carbonyl (C=O) groups excluding carboxylic acids is 1. The molecule has 0 unspecified atom stereocenters. The lowest BCUT2D eigenvalue weighted by molar-refractivity contribution is 0.255. The Morgan fingerprint density at radius 2 is 1.46 bits per heavy atom. The molecule has 0 atom stereocenters. The van der Waals surface area contributed by atoms with Crippen molar-refractivity contribution in [3.63, 3.8) is 0 Å². The van der Waals surface area contributed by atoms with Gasteiger partial charge in [0.25, 0.3) is 0 Å². The van der Waals surface area contributed by atoms with Crippen molar-refractivity contribution in [2.24, 2.45) is 0 Å². The van der Waals surface area contributed by atoms with Crippen LogP contribution in [0.4, 0.5) is 10.5 Å². The molecule has 0 heterocycles. The zero-order valence-corrected chi connectivity index (χ0v) is 17.6. The van der Waals surface area contributed by atoms with Crippen molar-refractivity contribution in [3.8, 4) is 0 Å². The second-order valence-electron chi connectivity index (χ2n) is 7.08. The van der Waals surface area contributed by atoms with Crippen LogP contribution >= 0.6 is 0 Å². The number of amides is 2. The van der Waals surface area contributed by atoms with Gasteiger partial charge in [0.15, 0.2) is 0 Å². The fraction of sp³-hybridized carbons (Fsp3) is 0.632. The van der Waals surface area contributed by atoms with Gasteiger partial charge in [0, 0.05) is 18.8 Å². The first-order valence-corrected chi connectivity index (χ1v) is 10.8. The Kier molecular flexibility index (Phi) is 8.56. The minimum atomic E-state index is -3.86. The lowest BCUT2D eigenvalue weighted by atomic mass is 9.93. The summed E-state index contributed by atoms with van der Waals surface area (Å²) in [6.07, 6.45) is 1.38. The Labute approximate surface area is 158 Å². The van der Waals surface area contributed by atoms with E-state index in [4.69, 9.17) is 0 Å². The fourth-order valence-electron chi connectivity index (χ4n) is 2.87. The van der Waals surface area contributed by atoms with E-state index < -0.39 is 16.2 Å². The van der Waals surface area contributed by atoms with Crippen LogP contribution in [0.3, 0.4) is 0 Å². The van der Waals surface area contributed by atoms with Crippen LogP contribution in [0.2, 0.25) is 0 Å². The molecule has 0 spiro atoms. The minimum Gasteiger partial charge on any atom is -0.307 e. The zero-order chi connectivity index (χ0) is 19.9. The van der Waals surface area contributed by atoms with E-state index in [-0.39, 0.29) is 11.8 Å². The Bertz CT molecular complexity index is 668. The van der Waals surface area contributed by atoms with Gasteiger partial charge in [0.1, 0.15) is 0 Å². The van der Waals surface area contributed by atoms with E-state index in [0.717, 1.165) is 11.1 Å². The van der Waals surface area contributed by atoms with Crippen molar-refractivity contribution in [1.29, 1.82) is 0 Å². The van der Waals surface area contributed by atoms with E-state index in [1.165, 1.54) is 4.31 Å². The van der Waals surface area contributed by atoms with Crippen LogP contribution in [0.1, 0.15) is 77.3 Å². The number of hydrogen-bond acceptors (Lipinski definition) is 3. The van der Waals surface area contributed by atoms with Gasteiger partial charge in [-0.15, -0.1) is 0 Å². The normalized spacial score (nSPS) is 12.0. The SMILES string of the molecule is CCCN(CCC)S(=O)(=O)NC(=O)Nc1c(C(C)C)cccc1C(C)C.